The summed E-state index contributed by atoms with van der Waals surface area (Å²) >= 11 is 0. The summed E-state index contributed by atoms with van der Waals surface area (Å²) in [5.74, 6) is 3.82. The van der Waals surface area contributed by atoms with Crippen molar-refractivity contribution >= 4 is 17.7 Å². The summed E-state index contributed by atoms with van der Waals surface area (Å²) in [6.07, 6.45) is 16.9. The molecule has 6 saturated heterocycles. The van der Waals surface area contributed by atoms with Crippen molar-refractivity contribution in [3.63, 3.8) is 0 Å². The van der Waals surface area contributed by atoms with Crippen molar-refractivity contribution in [3.05, 3.63) is 35.7 Å². The highest BCUT2D eigenvalue weighted by Gasteiger charge is 2.46. The van der Waals surface area contributed by atoms with Gasteiger partial charge in [0, 0.05) is 149 Å². The Morgan fingerprint density at radius 1 is 0.344 bits per heavy atom. The Balaban J connectivity index is 0.960. The van der Waals surface area contributed by atoms with Gasteiger partial charge in [-0.1, -0.05) is 31.1 Å². The second-order valence-electron chi connectivity index (χ2n) is 36.9. The van der Waals surface area contributed by atoms with Crippen LogP contribution in [0.5, 0.6) is 0 Å². The highest BCUT2D eigenvalue weighted by atomic mass is 16.8. The van der Waals surface area contributed by atoms with Gasteiger partial charge in [0.1, 0.15) is 35.8 Å². The van der Waals surface area contributed by atoms with Crippen LogP contribution in [0.15, 0.2) is 51.0 Å². The van der Waals surface area contributed by atoms with Crippen LogP contribution in [-0.2, 0) is 28.7 Å². The van der Waals surface area contributed by atoms with Crippen LogP contribution in [0.4, 0.5) is 0 Å². The molecule has 0 atom stereocenters. The molecule has 0 aromatic heterocycles. The predicted octanol–water partition coefficient (Wildman–Crippen LogP) is 8.87. The van der Waals surface area contributed by atoms with Crippen molar-refractivity contribution in [2.75, 3.05) is 26.2 Å². The van der Waals surface area contributed by atoms with E-state index in [1.165, 1.54) is 10.6 Å². The van der Waals surface area contributed by atoms with Crippen molar-refractivity contribution < 1.29 is 28.7 Å². The fourth-order valence-corrected chi connectivity index (χ4v) is 18.0. The number of ether oxygens (including phenoxy) is 3. The molecule has 9 aliphatic rings. The lowest BCUT2D eigenvalue weighted by Gasteiger charge is -2.47. The largest absolute Gasteiger partial charge is 0.473 e. The second-order valence-corrected chi connectivity index (χ2v) is 36.9. The first-order chi connectivity index (χ1) is 42.6. The van der Waals surface area contributed by atoms with Gasteiger partial charge < -0.3 is 61.6 Å². The van der Waals surface area contributed by atoms with Gasteiger partial charge in [-0.3, -0.25) is 0 Å². The van der Waals surface area contributed by atoms with Gasteiger partial charge >= 0.3 is 0 Å². The van der Waals surface area contributed by atoms with Gasteiger partial charge in [-0.15, -0.1) is 0 Å². The molecule has 11 N–H and O–H groups in total. The molecule has 0 radical (unpaired) electrons. The summed E-state index contributed by atoms with van der Waals surface area (Å²) in [5, 5.41) is 49.9. The quantitative estimate of drug-likeness (QED) is 0.0511. The third-order valence-electron chi connectivity index (χ3n) is 18.7. The van der Waals surface area contributed by atoms with Gasteiger partial charge in [0.2, 0.25) is 17.7 Å². The zero-order valence-electron chi connectivity index (χ0n) is 62.0. The van der Waals surface area contributed by atoms with Crippen molar-refractivity contribution in [2.45, 2.75) is 359 Å². The molecule has 24 nitrogen and oxygen atoms in total. The lowest BCUT2D eigenvalue weighted by Crippen LogP contribution is -2.61. The summed E-state index contributed by atoms with van der Waals surface area (Å²) in [5.41, 5.74) is 9.04. The maximum atomic E-state index is 7.03. The predicted molar refractivity (Wildman–Crippen MR) is 371 cm³/mol. The van der Waals surface area contributed by atoms with Crippen LogP contribution < -0.4 is 58.8 Å². The number of hydrogen-bond donors (Lipinski definition) is 11. The van der Waals surface area contributed by atoms with Crippen LogP contribution in [0.3, 0.4) is 0 Å². The number of nitrogens with one attached hydrogen (secondary N) is 11. The molecule has 9 heterocycles. The summed E-state index contributed by atoms with van der Waals surface area (Å²) in [4.78, 5) is 22.8. The second kappa shape index (κ2) is 26.7. The van der Waals surface area contributed by atoms with Gasteiger partial charge in [0.25, 0.3) is 0 Å². The molecular weight excluding hydrogens is 1180 g/mol. The van der Waals surface area contributed by atoms with Gasteiger partial charge in [-0.2, -0.15) is 0 Å². The number of hydrazine groups is 3. The fraction of sp³-hybridized carbons (Fsp3) is 0.870. The van der Waals surface area contributed by atoms with Crippen LogP contribution in [0.25, 0.3) is 0 Å². The number of nitrogens with zero attached hydrogens (tertiary/aromatic N) is 7. The average Bonchev–Trinajstić information content (AvgIpc) is 0.853. The minimum absolute atomic E-state index is 0.0508. The first-order valence-electron chi connectivity index (χ1n) is 35.2. The Kier molecular flexibility index (Phi) is 20.9. The zero-order chi connectivity index (χ0) is 68.2. The third-order valence-corrected chi connectivity index (χ3v) is 18.7. The normalized spacial score (nSPS) is 28.1. The van der Waals surface area contributed by atoms with Crippen molar-refractivity contribution in [1.29, 1.82) is 0 Å². The molecule has 0 aliphatic carbocycles. The van der Waals surface area contributed by atoms with Crippen LogP contribution in [0.1, 0.15) is 256 Å². The Bertz CT molecular complexity index is 2580. The number of hydrogen-bond acceptors (Lipinski definition) is 24. The summed E-state index contributed by atoms with van der Waals surface area (Å²) < 4.78 is 20.7. The van der Waals surface area contributed by atoms with Crippen molar-refractivity contribution in [1.82, 2.24) is 79.6 Å². The Hall–Kier alpha value is -4.53. The maximum absolute atomic E-state index is 7.03. The molecule has 0 unspecified atom stereocenters. The molecule has 0 aromatic rings. The molecule has 0 aromatic carbocycles. The van der Waals surface area contributed by atoms with Crippen molar-refractivity contribution in [2.24, 2.45) is 15.3 Å². The van der Waals surface area contributed by atoms with Crippen molar-refractivity contribution in [3.8, 4) is 0 Å². The fourth-order valence-electron chi connectivity index (χ4n) is 18.0. The number of piperidine rings is 6. The smallest absolute Gasteiger partial charge is 0.239 e. The molecule has 0 saturated carbocycles. The summed E-state index contributed by atoms with van der Waals surface area (Å²) in [6.45, 7) is 56.3. The van der Waals surface area contributed by atoms with E-state index in [1.54, 1.807) is 5.28 Å². The summed E-state index contributed by atoms with van der Waals surface area (Å²) in [6, 6.07) is 0. The van der Waals surface area contributed by atoms with Gasteiger partial charge in [0.05, 0.1) is 18.3 Å². The average molecular weight is 1310 g/mol. The number of rotatable bonds is 20. The van der Waals surface area contributed by atoms with E-state index < -0.39 is 0 Å². The molecular formula is C69H128N18O6. The van der Waals surface area contributed by atoms with Gasteiger partial charge in [-0.05, 0) is 218 Å². The molecule has 6 fully saturated rings. The van der Waals surface area contributed by atoms with Crippen LogP contribution >= 0.6 is 0 Å². The molecule has 0 spiro atoms. The van der Waals surface area contributed by atoms with E-state index in [1.807, 2.05) is 12.2 Å². The Labute approximate surface area is 560 Å². The molecule has 9 rings (SSSR count). The van der Waals surface area contributed by atoms with Gasteiger partial charge in [-0.25, -0.2) is 30.8 Å². The molecule has 530 valence electrons. The first-order valence-corrected chi connectivity index (χ1v) is 35.2. The Morgan fingerprint density at radius 3 is 0.828 bits per heavy atom. The minimum atomic E-state index is -0.151. The monoisotopic (exact) mass is 1310 g/mol. The minimum Gasteiger partial charge on any atom is -0.473 e. The molecule has 93 heavy (non-hydrogen) atoms. The SMILES string of the molecule is CC1(C)CC(OC2=NN(OC3CC(C)(C)NC(C)(C)C3)NC(NCCCN(CCCNC3=CC(OC4CC(C)(C)NC(C)(C)C4)=NN(OC4CC(C)(C)NC(C)(C)C4)N3)C3=CC(OC4CC(C)(C)NC(C)(C)C4)=NN(OC4CC(C)(C)NC(C)(C)C4)N3)=C2)CC(C)(C)N1. The van der Waals surface area contributed by atoms with Crippen LogP contribution in [0, 0.1) is 0 Å². The highest BCUT2D eigenvalue weighted by molar-refractivity contribution is 5.89. The third kappa shape index (κ3) is 22.2. The van der Waals surface area contributed by atoms with Crippen LogP contribution in [-0.4, -0.2) is 168 Å². The van der Waals surface area contributed by atoms with E-state index in [2.05, 4.69) is 236 Å². The molecule has 24 heteroatoms. The zero-order valence-corrected chi connectivity index (χ0v) is 62.0. The molecule has 9 aliphatic heterocycles. The highest BCUT2D eigenvalue weighted by Crippen LogP contribution is 2.38. The van der Waals surface area contributed by atoms with E-state index in [0.717, 1.165) is 107 Å². The summed E-state index contributed by atoms with van der Waals surface area (Å²) in [7, 11) is 0. The first kappa shape index (κ1) is 72.7. The maximum Gasteiger partial charge on any atom is 0.239 e. The van der Waals surface area contributed by atoms with E-state index >= 15 is 0 Å². The van der Waals surface area contributed by atoms with Crippen LogP contribution in [0.2, 0.25) is 0 Å². The standard InChI is InChI=1S/C69H128N18O6/c1-58(2)34-46(35-59(3,4)78-58)88-55-31-52(72-85(75-55)91-49-40-64(13,14)81-65(15,16)41-49)70-27-25-29-84(54-33-57(90-48-38-62(9,10)80-63(11,12)39-48)77-87(74-54)93-51-44-68(21,22)83-69(23,24)45-51)30-26-28-71-53-32-56(89-47-36-60(5,6)79-61(7,8)37-47)76-86(73-53)92-50-42-66(17,18)82-67(19,20)43-50/h31-33,46-51,70-74,78-83H,25-30,34-45H2,1-24H3. The van der Waals surface area contributed by atoms with E-state index in [-0.39, 0.29) is 103 Å². The Morgan fingerprint density at radius 2 is 0.570 bits per heavy atom. The van der Waals surface area contributed by atoms with E-state index in [4.69, 9.17) is 44.0 Å². The topological polar surface area (TPSA) is 238 Å². The lowest BCUT2D eigenvalue weighted by atomic mass is 9.81. The van der Waals surface area contributed by atoms with E-state index in [9.17, 15) is 0 Å². The number of hydrazone groups is 3. The molecule has 0 amide bonds. The van der Waals surface area contributed by atoms with Gasteiger partial charge in [0.15, 0.2) is 0 Å². The van der Waals surface area contributed by atoms with E-state index in [0.29, 0.717) is 43.9 Å². The lowest BCUT2D eigenvalue weighted by molar-refractivity contribution is -0.245. The molecule has 0 bridgehead atoms.